The Morgan fingerprint density at radius 2 is 2.11 bits per heavy atom. The summed E-state index contributed by atoms with van der Waals surface area (Å²) in [6.07, 6.45) is 0.371. The van der Waals surface area contributed by atoms with E-state index in [1.54, 1.807) is 12.1 Å². The fraction of sp³-hybridized carbons (Fsp3) is 0.364. The summed E-state index contributed by atoms with van der Waals surface area (Å²) < 4.78 is 0. The van der Waals surface area contributed by atoms with Gasteiger partial charge in [-0.1, -0.05) is 29.3 Å². The molecule has 96 valence electrons. The number of carbonyl (C=O) groups excluding carboxylic acids is 1. The van der Waals surface area contributed by atoms with E-state index in [1.807, 2.05) is 0 Å². The molecule has 1 aromatic rings. The summed E-state index contributed by atoms with van der Waals surface area (Å²) in [6.45, 7) is 0. The largest absolute Gasteiger partial charge is 0.343 e. The summed E-state index contributed by atoms with van der Waals surface area (Å²) in [5.41, 5.74) is 0.524. The van der Waals surface area contributed by atoms with E-state index < -0.39 is 12.1 Å². The fourth-order valence-electron chi connectivity index (χ4n) is 2.05. The lowest BCUT2D eigenvalue weighted by molar-refractivity contribution is -0.529. The average molecular weight is 289 g/mol. The van der Waals surface area contributed by atoms with Crippen LogP contribution >= 0.6 is 23.2 Å². The number of nitrogens with one attached hydrogen (secondary N) is 1. The molecule has 1 amide bonds. The van der Waals surface area contributed by atoms with Gasteiger partial charge in [-0.25, -0.2) is 0 Å². The van der Waals surface area contributed by atoms with Crippen molar-refractivity contribution < 1.29 is 9.72 Å². The smallest absolute Gasteiger partial charge is 0.237 e. The maximum absolute atomic E-state index is 11.4. The van der Waals surface area contributed by atoms with Crippen LogP contribution in [0, 0.1) is 10.1 Å². The standard InChI is InChI=1S/C11H10Cl2N2O3/c12-6-1-2-7(8(13)5-6)11-9(15(17)18)3-4-10(16)14-11/h1-2,5,9,11H,3-4H2,(H,14,16)/t9-,11-/m0/s1. The molecule has 1 N–H and O–H groups in total. The summed E-state index contributed by atoms with van der Waals surface area (Å²) in [4.78, 5) is 22.0. The molecule has 0 unspecified atom stereocenters. The predicted molar refractivity (Wildman–Crippen MR) is 67.4 cm³/mol. The van der Waals surface area contributed by atoms with Crippen LogP contribution in [0.25, 0.3) is 0 Å². The molecule has 2 rings (SSSR count). The van der Waals surface area contributed by atoms with Crippen molar-refractivity contribution in [2.45, 2.75) is 24.9 Å². The molecule has 1 aliphatic heterocycles. The Kier molecular flexibility index (Phi) is 3.73. The first kappa shape index (κ1) is 13.1. The van der Waals surface area contributed by atoms with Crippen LogP contribution in [0.4, 0.5) is 0 Å². The monoisotopic (exact) mass is 288 g/mol. The quantitative estimate of drug-likeness (QED) is 0.671. The van der Waals surface area contributed by atoms with Crippen molar-refractivity contribution >= 4 is 29.1 Å². The molecule has 18 heavy (non-hydrogen) atoms. The van der Waals surface area contributed by atoms with E-state index >= 15 is 0 Å². The molecule has 0 aromatic heterocycles. The van der Waals surface area contributed by atoms with E-state index in [0.717, 1.165) is 0 Å². The summed E-state index contributed by atoms with van der Waals surface area (Å²) in [6, 6.07) is 3.15. The number of hydrogen-bond donors (Lipinski definition) is 1. The number of carbonyl (C=O) groups is 1. The maximum atomic E-state index is 11.4. The first-order valence-electron chi connectivity index (χ1n) is 5.37. The van der Waals surface area contributed by atoms with Gasteiger partial charge < -0.3 is 5.32 Å². The second-order valence-electron chi connectivity index (χ2n) is 4.10. The lowest BCUT2D eigenvalue weighted by Crippen LogP contribution is -2.45. The number of piperidine rings is 1. The van der Waals surface area contributed by atoms with Gasteiger partial charge in [0.1, 0.15) is 6.04 Å². The van der Waals surface area contributed by atoms with Crippen molar-refractivity contribution in [3.05, 3.63) is 43.9 Å². The van der Waals surface area contributed by atoms with E-state index in [2.05, 4.69) is 5.32 Å². The highest BCUT2D eigenvalue weighted by atomic mass is 35.5. The SMILES string of the molecule is O=C1CC[C@H]([N+](=O)[O-])[C@H](c2ccc(Cl)cc2Cl)N1. The third kappa shape index (κ3) is 2.57. The molecule has 0 bridgehead atoms. The van der Waals surface area contributed by atoms with Gasteiger partial charge in [0.25, 0.3) is 0 Å². The molecule has 1 aliphatic rings. The molecule has 0 saturated carbocycles. The van der Waals surface area contributed by atoms with E-state index in [9.17, 15) is 14.9 Å². The van der Waals surface area contributed by atoms with Crippen molar-refractivity contribution in [2.24, 2.45) is 0 Å². The van der Waals surface area contributed by atoms with Crippen LogP contribution in [0.5, 0.6) is 0 Å². The van der Waals surface area contributed by atoms with E-state index in [4.69, 9.17) is 23.2 Å². The van der Waals surface area contributed by atoms with Gasteiger partial charge in [0.05, 0.1) is 0 Å². The predicted octanol–water partition coefficient (Wildman–Crippen LogP) is 2.59. The molecule has 1 saturated heterocycles. The molecule has 1 aromatic carbocycles. The Morgan fingerprint density at radius 1 is 1.39 bits per heavy atom. The Morgan fingerprint density at radius 3 is 2.72 bits per heavy atom. The van der Waals surface area contributed by atoms with E-state index in [1.165, 1.54) is 6.07 Å². The molecule has 0 radical (unpaired) electrons. The Balaban J connectivity index is 2.38. The average Bonchev–Trinajstić information content (AvgIpc) is 2.28. The molecule has 0 aliphatic carbocycles. The zero-order valence-corrected chi connectivity index (χ0v) is 10.7. The van der Waals surface area contributed by atoms with Crippen LogP contribution in [0.15, 0.2) is 18.2 Å². The van der Waals surface area contributed by atoms with Gasteiger partial charge in [-0.15, -0.1) is 0 Å². The van der Waals surface area contributed by atoms with Crippen molar-refractivity contribution in [2.75, 3.05) is 0 Å². The van der Waals surface area contributed by atoms with Gasteiger partial charge in [0.2, 0.25) is 11.9 Å². The Labute approximate surface area is 113 Å². The van der Waals surface area contributed by atoms with Crippen LogP contribution < -0.4 is 5.32 Å². The van der Waals surface area contributed by atoms with Gasteiger partial charge in [-0.3, -0.25) is 14.9 Å². The number of nitro groups is 1. The molecule has 7 heteroatoms. The summed E-state index contributed by atoms with van der Waals surface area (Å²) in [5, 5.41) is 14.4. The normalized spacial score (nSPS) is 23.6. The second kappa shape index (κ2) is 5.12. The second-order valence-corrected chi connectivity index (χ2v) is 4.95. The number of benzene rings is 1. The Hall–Kier alpha value is -1.33. The van der Waals surface area contributed by atoms with Crippen molar-refractivity contribution in [3.8, 4) is 0 Å². The van der Waals surface area contributed by atoms with Gasteiger partial charge in [-0.2, -0.15) is 0 Å². The highest BCUT2D eigenvalue weighted by molar-refractivity contribution is 6.35. The van der Waals surface area contributed by atoms with Gasteiger partial charge in [-0.05, 0) is 17.7 Å². The van der Waals surface area contributed by atoms with Crippen LogP contribution in [0.1, 0.15) is 24.4 Å². The van der Waals surface area contributed by atoms with Crippen molar-refractivity contribution in [1.82, 2.24) is 5.32 Å². The van der Waals surface area contributed by atoms with Gasteiger partial charge in [0, 0.05) is 27.8 Å². The van der Waals surface area contributed by atoms with Crippen LogP contribution in [0.3, 0.4) is 0 Å². The van der Waals surface area contributed by atoms with Crippen LogP contribution in [-0.2, 0) is 4.79 Å². The zero-order valence-electron chi connectivity index (χ0n) is 9.23. The number of hydrogen-bond acceptors (Lipinski definition) is 3. The number of amides is 1. The third-order valence-electron chi connectivity index (χ3n) is 2.94. The molecule has 1 heterocycles. The topological polar surface area (TPSA) is 72.2 Å². The maximum Gasteiger partial charge on any atom is 0.237 e. The summed E-state index contributed by atoms with van der Waals surface area (Å²) in [5.74, 6) is -0.205. The lowest BCUT2D eigenvalue weighted by atomic mass is 9.92. The molecule has 0 spiro atoms. The summed E-state index contributed by atoms with van der Waals surface area (Å²) >= 11 is 11.8. The minimum Gasteiger partial charge on any atom is -0.343 e. The van der Waals surface area contributed by atoms with Crippen LogP contribution in [0.2, 0.25) is 10.0 Å². The fourth-order valence-corrected chi connectivity index (χ4v) is 2.58. The number of halogens is 2. The number of nitrogens with zero attached hydrogens (tertiary/aromatic N) is 1. The van der Waals surface area contributed by atoms with Crippen LogP contribution in [-0.4, -0.2) is 16.9 Å². The zero-order chi connectivity index (χ0) is 13.3. The number of rotatable bonds is 2. The van der Waals surface area contributed by atoms with E-state index in [-0.39, 0.29) is 23.7 Å². The minimum atomic E-state index is -0.860. The highest BCUT2D eigenvalue weighted by Crippen LogP contribution is 2.32. The highest BCUT2D eigenvalue weighted by Gasteiger charge is 2.38. The molecule has 5 nitrogen and oxygen atoms in total. The van der Waals surface area contributed by atoms with Crippen molar-refractivity contribution in [1.29, 1.82) is 0 Å². The minimum absolute atomic E-state index is 0.160. The Bertz CT molecular complexity index is 507. The molecular formula is C11H10Cl2N2O3. The van der Waals surface area contributed by atoms with Gasteiger partial charge in [0.15, 0.2) is 0 Å². The first-order chi connectivity index (χ1) is 8.49. The van der Waals surface area contributed by atoms with Crippen molar-refractivity contribution in [3.63, 3.8) is 0 Å². The van der Waals surface area contributed by atoms with Gasteiger partial charge >= 0.3 is 0 Å². The summed E-state index contributed by atoms with van der Waals surface area (Å²) in [7, 11) is 0. The first-order valence-corrected chi connectivity index (χ1v) is 6.12. The lowest BCUT2D eigenvalue weighted by Gasteiger charge is -2.27. The molecule has 1 fully saturated rings. The molecule has 2 atom stereocenters. The van der Waals surface area contributed by atoms with E-state index in [0.29, 0.717) is 15.6 Å². The molecular weight excluding hydrogens is 279 g/mol. The third-order valence-corrected chi connectivity index (χ3v) is 3.50.